The molecule has 0 aliphatic heterocycles. The number of ether oxygens (including phenoxy) is 1. The molecule has 0 N–H and O–H groups in total. The van der Waals surface area contributed by atoms with Crippen LogP contribution in [0.3, 0.4) is 0 Å². The molecule has 0 aliphatic carbocycles. The molecule has 0 saturated heterocycles. The zero-order valence-electron chi connectivity index (χ0n) is 9.39. The van der Waals surface area contributed by atoms with Crippen molar-refractivity contribution in [2.75, 3.05) is 0 Å². The van der Waals surface area contributed by atoms with E-state index in [1.165, 1.54) is 24.3 Å². The molecule has 2 aromatic carbocycles. The lowest BCUT2D eigenvalue weighted by Gasteiger charge is -2.12. The Morgan fingerprint density at radius 2 is 1.63 bits per heavy atom. The molecule has 0 saturated carbocycles. The first-order chi connectivity index (χ1) is 9.02. The molecule has 19 heavy (non-hydrogen) atoms. The maximum Gasteiger partial charge on any atom is 0.147 e. The molecule has 0 atom stereocenters. The standard InChI is InChI=1S/C13H7Cl4FO/c14-6-7-11(18)2-1-3-12(7)19-13-5-9(16)8(15)4-10(13)17/h1-5H,6H2. The van der Waals surface area contributed by atoms with Crippen molar-refractivity contribution < 1.29 is 9.13 Å². The normalized spacial score (nSPS) is 10.6. The van der Waals surface area contributed by atoms with E-state index in [9.17, 15) is 4.39 Å². The molecule has 0 fully saturated rings. The maximum atomic E-state index is 13.6. The molecular formula is C13H7Cl4FO. The summed E-state index contributed by atoms with van der Waals surface area (Å²) in [7, 11) is 0. The van der Waals surface area contributed by atoms with Crippen molar-refractivity contribution in [1.29, 1.82) is 0 Å². The fraction of sp³-hybridized carbons (Fsp3) is 0.0769. The zero-order chi connectivity index (χ0) is 14.0. The molecule has 0 heterocycles. The summed E-state index contributed by atoms with van der Waals surface area (Å²) < 4.78 is 19.1. The third-order valence-electron chi connectivity index (χ3n) is 2.40. The maximum absolute atomic E-state index is 13.6. The molecule has 1 nitrogen and oxygen atoms in total. The lowest BCUT2D eigenvalue weighted by Crippen LogP contribution is -1.94. The van der Waals surface area contributed by atoms with Gasteiger partial charge in [-0.3, -0.25) is 0 Å². The van der Waals surface area contributed by atoms with E-state index in [2.05, 4.69) is 0 Å². The summed E-state index contributed by atoms with van der Waals surface area (Å²) in [5, 5.41) is 0.889. The van der Waals surface area contributed by atoms with Crippen LogP contribution in [0.15, 0.2) is 30.3 Å². The number of hydrogen-bond acceptors (Lipinski definition) is 1. The van der Waals surface area contributed by atoms with E-state index in [4.69, 9.17) is 51.1 Å². The molecule has 0 bridgehead atoms. The van der Waals surface area contributed by atoms with E-state index < -0.39 is 5.82 Å². The third kappa shape index (κ3) is 3.26. The van der Waals surface area contributed by atoms with Gasteiger partial charge in [0.1, 0.15) is 17.3 Å². The summed E-state index contributed by atoms with van der Waals surface area (Å²) in [5.74, 6) is 0.119. The van der Waals surface area contributed by atoms with Gasteiger partial charge in [0.05, 0.1) is 20.9 Å². The Labute approximate surface area is 129 Å². The van der Waals surface area contributed by atoms with Crippen molar-refractivity contribution in [2.24, 2.45) is 0 Å². The van der Waals surface area contributed by atoms with E-state index in [0.717, 1.165) is 0 Å². The van der Waals surface area contributed by atoms with Gasteiger partial charge in [0, 0.05) is 11.6 Å². The van der Waals surface area contributed by atoms with Crippen LogP contribution in [0.25, 0.3) is 0 Å². The number of rotatable bonds is 3. The van der Waals surface area contributed by atoms with Crippen LogP contribution in [0.2, 0.25) is 15.1 Å². The van der Waals surface area contributed by atoms with Gasteiger partial charge in [-0.25, -0.2) is 4.39 Å². The highest BCUT2D eigenvalue weighted by Gasteiger charge is 2.13. The minimum absolute atomic E-state index is 0.0129. The van der Waals surface area contributed by atoms with Crippen LogP contribution in [0.5, 0.6) is 11.5 Å². The van der Waals surface area contributed by atoms with Crippen molar-refractivity contribution in [2.45, 2.75) is 5.88 Å². The molecule has 0 unspecified atom stereocenters. The molecule has 2 aromatic rings. The average Bonchev–Trinajstić information content (AvgIpc) is 2.36. The minimum atomic E-state index is -0.441. The summed E-state index contributed by atoms with van der Waals surface area (Å²) in [6, 6.07) is 7.35. The Kier molecular flexibility index (Phi) is 4.80. The van der Waals surface area contributed by atoms with Crippen LogP contribution >= 0.6 is 46.4 Å². The molecule has 0 aromatic heterocycles. The van der Waals surface area contributed by atoms with Gasteiger partial charge in [-0.1, -0.05) is 40.9 Å². The second kappa shape index (κ2) is 6.19. The van der Waals surface area contributed by atoms with Gasteiger partial charge < -0.3 is 4.74 Å². The highest BCUT2D eigenvalue weighted by atomic mass is 35.5. The Morgan fingerprint density at radius 1 is 0.947 bits per heavy atom. The molecular weight excluding hydrogens is 333 g/mol. The van der Waals surface area contributed by atoms with Crippen LogP contribution < -0.4 is 4.74 Å². The highest BCUT2D eigenvalue weighted by molar-refractivity contribution is 6.43. The van der Waals surface area contributed by atoms with Gasteiger partial charge in [-0.05, 0) is 18.2 Å². The Morgan fingerprint density at radius 3 is 2.32 bits per heavy atom. The largest absolute Gasteiger partial charge is 0.455 e. The fourth-order valence-corrected chi connectivity index (χ4v) is 2.30. The van der Waals surface area contributed by atoms with Crippen molar-refractivity contribution in [1.82, 2.24) is 0 Å². The zero-order valence-corrected chi connectivity index (χ0v) is 12.4. The minimum Gasteiger partial charge on any atom is -0.455 e. The predicted molar refractivity (Wildman–Crippen MR) is 77.5 cm³/mol. The van der Waals surface area contributed by atoms with Crippen LogP contribution in [-0.4, -0.2) is 0 Å². The molecule has 0 radical (unpaired) electrons. The van der Waals surface area contributed by atoms with Gasteiger partial charge >= 0.3 is 0 Å². The topological polar surface area (TPSA) is 9.23 Å². The molecule has 6 heteroatoms. The first kappa shape index (κ1) is 14.7. The summed E-state index contributed by atoms with van der Waals surface area (Å²) in [4.78, 5) is 0. The summed E-state index contributed by atoms with van der Waals surface area (Å²) in [5.41, 5.74) is 0.256. The number of benzene rings is 2. The number of alkyl halides is 1. The number of hydrogen-bond donors (Lipinski definition) is 0. The van der Waals surface area contributed by atoms with Crippen LogP contribution in [0.4, 0.5) is 4.39 Å². The number of halogens is 5. The lowest BCUT2D eigenvalue weighted by molar-refractivity contribution is 0.470. The van der Waals surface area contributed by atoms with E-state index >= 15 is 0 Å². The van der Waals surface area contributed by atoms with Gasteiger partial charge in [0.25, 0.3) is 0 Å². The SMILES string of the molecule is Fc1cccc(Oc2cc(Cl)c(Cl)cc2Cl)c1CCl. The fourth-order valence-electron chi connectivity index (χ4n) is 1.47. The van der Waals surface area contributed by atoms with Gasteiger partial charge in [0.15, 0.2) is 0 Å². The van der Waals surface area contributed by atoms with E-state index in [1.807, 2.05) is 0 Å². The molecule has 2 rings (SSSR count). The second-order valence-corrected chi connectivity index (χ2v) is 5.14. The summed E-state index contributed by atoms with van der Waals surface area (Å²) in [6.07, 6.45) is 0. The molecule has 100 valence electrons. The van der Waals surface area contributed by atoms with E-state index in [-0.39, 0.29) is 28.0 Å². The van der Waals surface area contributed by atoms with Gasteiger partial charge in [0.2, 0.25) is 0 Å². The highest BCUT2D eigenvalue weighted by Crippen LogP contribution is 2.37. The Balaban J connectivity index is 2.42. The van der Waals surface area contributed by atoms with Crippen LogP contribution in [-0.2, 0) is 5.88 Å². The van der Waals surface area contributed by atoms with E-state index in [1.54, 1.807) is 6.07 Å². The first-order valence-electron chi connectivity index (χ1n) is 5.18. The van der Waals surface area contributed by atoms with Gasteiger partial charge in [-0.2, -0.15) is 0 Å². The summed E-state index contributed by atoms with van der Waals surface area (Å²) >= 11 is 23.4. The monoisotopic (exact) mass is 338 g/mol. The average molecular weight is 340 g/mol. The molecule has 0 aliphatic rings. The smallest absolute Gasteiger partial charge is 0.147 e. The quantitative estimate of drug-likeness (QED) is 0.469. The van der Waals surface area contributed by atoms with E-state index in [0.29, 0.717) is 10.0 Å². The Bertz CT molecular complexity index is 616. The van der Waals surface area contributed by atoms with Crippen molar-refractivity contribution in [3.05, 3.63) is 56.8 Å². The molecule has 0 amide bonds. The Hall–Kier alpha value is -0.670. The van der Waals surface area contributed by atoms with Crippen LogP contribution in [0, 0.1) is 5.82 Å². The molecule has 0 spiro atoms. The second-order valence-electron chi connectivity index (χ2n) is 3.65. The lowest BCUT2D eigenvalue weighted by atomic mass is 10.2. The first-order valence-corrected chi connectivity index (χ1v) is 6.85. The van der Waals surface area contributed by atoms with Gasteiger partial charge in [-0.15, -0.1) is 11.6 Å². The predicted octanol–water partition coefficient (Wildman–Crippen LogP) is 6.32. The summed E-state index contributed by atoms with van der Waals surface area (Å²) in [6.45, 7) is 0. The van der Waals surface area contributed by atoms with Crippen LogP contribution in [0.1, 0.15) is 5.56 Å². The van der Waals surface area contributed by atoms with Crippen molar-refractivity contribution in [3.63, 3.8) is 0 Å². The van der Waals surface area contributed by atoms with Crippen molar-refractivity contribution >= 4 is 46.4 Å². The third-order valence-corrected chi connectivity index (χ3v) is 3.69. The van der Waals surface area contributed by atoms with Crippen molar-refractivity contribution in [3.8, 4) is 11.5 Å².